The van der Waals surface area contributed by atoms with Gasteiger partial charge in [-0.1, -0.05) is 29.8 Å². The monoisotopic (exact) mass is 522 g/mol. The van der Waals surface area contributed by atoms with Crippen molar-refractivity contribution in [3.63, 3.8) is 0 Å². The molecule has 2 aliphatic rings. The van der Waals surface area contributed by atoms with Crippen molar-refractivity contribution < 1.29 is 24.2 Å². The summed E-state index contributed by atoms with van der Waals surface area (Å²) in [5.41, 5.74) is 0.424. The molecule has 2 aliphatic heterocycles. The van der Waals surface area contributed by atoms with Gasteiger partial charge in [0.2, 0.25) is 5.91 Å². The summed E-state index contributed by atoms with van der Waals surface area (Å²) in [6.45, 7) is 4.46. The number of halogens is 2. The summed E-state index contributed by atoms with van der Waals surface area (Å²) in [5, 5.41) is 13.0. The first-order valence-electron chi connectivity index (χ1n) is 11.8. The highest BCUT2D eigenvalue weighted by molar-refractivity contribution is 6.30. The third kappa shape index (κ3) is 6.47. The van der Waals surface area contributed by atoms with Crippen LogP contribution >= 0.6 is 24.0 Å². The molecule has 0 aromatic heterocycles. The summed E-state index contributed by atoms with van der Waals surface area (Å²) < 4.78 is 11.8. The largest absolute Gasteiger partial charge is 0.489 e. The minimum atomic E-state index is -0.968. The topological polar surface area (TPSA) is 88.1 Å². The molecule has 0 spiro atoms. The van der Waals surface area contributed by atoms with Crippen molar-refractivity contribution in [3.8, 4) is 5.75 Å². The van der Waals surface area contributed by atoms with E-state index in [0.29, 0.717) is 37.6 Å². The highest BCUT2D eigenvalue weighted by Gasteiger charge is 2.47. The minimum absolute atomic E-state index is 0. The van der Waals surface area contributed by atoms with Gasteiger partial charge in [0.05, 0.1) is 11.6 Å². The van der Waals surface area contributed by atoms with E-state index in [2.05, 4.69) is 10.2 Å². The van der Waals surface area contributed by atoms with Gasteiger partial charge in [-0.3, -0.25) is 9.69 Å². The van der Waals surface area contributed by atoms with Crippen LogP contribution in [-0.2, 0) is 9.53 Å². The van der Waals surface area contributed by atoms with Gasteiger partial charge in [0.1, 0.15) is 17.4 Å². The van der Waals surface area contributed by atoms with E-state index in [1.807, 2.05) is 31.2 Å². The van der Waals surface area contributed by atoms with E-state index in [0.717, 1.165) is 30.7 Å². The summed E-state index contributed by atoms with van der Waals surface area (Å²) in [6, 6.07) is 13.8. The molecule has 2 fully saturated rings. The smallest absolute Gasteiger partial charge is 0.335 e. The van der Waals surface area contributed by atoms with Crippen molar-refractivity contribution in [2.45, 2.75) is 50.3 Å². The number of nitrogens with zero attached hydrogens (tertiary/aromatic N) is 1. The second-order valence-electron chi connectivity index (χ2n) is 9.05. The van der Waals surface area contributed by atoms with E-state index in [4.69, 9.17) is 26.2 Å². The zero-order valence-corrected chi connectivity index (χ0v) is 21.3. The Balaban J connectivity index is 0.00000342. The standard InChI is InChI=1S/C26H31ClN2O5.ClH/c1-18(19-7-9-20(10-8-19)24(30)31)28-25(32)26(11-14-33-15-12-26)29-13-3-6-23(17-29)34-22-5-2-4-21(27)16-22;/h2,4-5,7-10,16,18,23H,3,6,11-15,17H2,1H3,(H,28,32)(H,30,31);1H/t18-,23-;/m0./s1. The van der Waals surface area contributed by atoms with E-state index < -0.39 is 11.5 Å². The number of hydrogen-bond donors (Lipinski definition) is 2. The molecule has 0 bridgehead atoms. The molecular weight excluding hydrogens is 491 g/mol. The third-order valence-corrected chi connectivity index (χ3v) is 7.07. The third-order valence-electron chi connectivity index (χ3n) is 6.83. The number of rotatable bonds is 7. The number of carbonyl (C=O) groups is 2. The molecule has 2 aromatic carbocycles. The summed E-state index contributed by atoms with van der Waals surface area (Å²) in [6.07, 6.45) is 3.07. The molecule has 2 atom stereocenters. The number of piperidine rings is 1. The Labute approximate surface area is 217 Å². The SMILES string of the molecule is C[C@H](NC(=O)C1(N2CCC[C@H](Oc3cccc(Cl)c3)C2)CCOCC1)c1ccc(C(=O)O)cc1.Cl. The molecule has 0 aliphatic carbocycles. The average Bonchev–Trinajstić information content (AvgIpc) is 2.84. The molecule has 35 heavy (non-hydrogen) atoms. The second-order valence-corrected chi connectivity index (χ2v) is 9.49. The molecule has 7 nitrogen and oxygen atoms in total. The Morgan fingerprint density at radius 2 is 1.91 bits per heavy atom. The van der Waals surface area contributed by atoms with E-state index >= 15 is 0 Å². The van der Waals surface area contributed by atoms with Crippen LogP contribution in [0.3, 0.4) is 0 Å². The van der Waals surface area contributed by atoms with Gasteiger partial charge in [0.15, 0.2) is 0 Å². The fraction of sp³-hybridized carbons (Fsp3) is 0.462. The summed E-state index contributed by atoms with van der Waals surface area (Å²) in [4.78, 5) is 27.1. The lowest BCUT2D eigenvalue weighted by Crippen LogP contribution is -2.64. The lowest BCUT2D eigenvalue weighted by Gasteiger charge is -2.48. The van der Waals surface area contributed by atoms with Gasteiger partial charge in [-0.05, 0) is 75.0 Å². The van der Waals surface area contributed by atoms with Crippen molar-refractivity contribution in [1.29, 1.82) is 0 Å². The maximum Gasteiger partial charge on any atom is 0.335 e. The van der Waals surface area contributed by atoms with Gasteiger partial charge < -0.3 is 19.9 Å². The predicted octanol–water partition coefficient (Wildman–Crippen LogP) is 4.73. The van der Waals surface area contributed by atoms with E-state index in [9.17, 15) is 9.59 Å². The Morgan fingerprint density at radius 1 is 1.20 bits per heavy atom. The van der Waals surface area contributed by atoms with Crippen molar-refractivity contribution >= 4 is 35.9 Å². The highest BCUT2D eigenvalue weighted by atomic mass is 35.5. The number of likely N-dealkylation sites (tertiary alicyclic amines) is 1. The van der Waals surface area contributed by atoms with Gasteiger partial charge >= 0.3 is 5.97 Å². The van der Waals surface area contributed by atoms with E-state index in [1.54, 1.807) is 24.3 Å². The minimum Gasteiger partial charge on any atom is -0.489 e. The normalized spacial score (nSPS) is 20.8. The van der Waals surface area contributed by atoms with Crippen LogP contribution in [0.1, 0.15) is 54.6 Å². The number of aromatic carboxylic acids is 1. The number of carboxylic acid groups (broad SMARTS) is 1. The molecule has 4 rings (SSSR count). The molecule has 2 heterocycles. The van der Waals surface area contributed by atoms with E-state index in [1.165, 1.54) is 0 Å². The maximum atomic E-state index is 13.7. The van der Waals surface area contributed by atoms with Crippen LogP contribution in [0.25, 0.3) is 0 Å². The number of benzene rings is 2. The number of amides is 1. The molecule has 2 aromatic rings. The Kier molecular flexibility index (Phi) is 9.41. The van der Waals surface area contributed by atoms with Gasteiger partial charge in [0, 0.05) is 24.8 Å². The Hall–Kier alpha value is -2.32. The van der Waals surface area contributed by atoms with Crippen LogP contribution in [0.5, 0.6) is 5.75 Å². The second kappa shape index (κ2) is 12.1. The lowest BCUT2D eigenvalue weighted by molar-refractivity contribution is -0.144. The number of carbonyl (C=O) groups excluding carboxylic acids is 1. The highest BCUT2D eigenvalue weighted by Crippen LogP contribution is 2.33. The molecule has 1 amide bonds. The molecule has 2 N–H and O–H groups in total. The first kappa shape index (κ1) is 27.3. The van der Waals surface area contributed by atoms with Gasteiger partial charge in [-0.2, -0.15) is 0 Å². The van der Waals surface area contributed by atoms with Gasteiger partial charge in [-0.15, -0.1) is 12.4 Å². The fourth-order valence-electron chi connectivity index (χ4n) is 4.88. The zero-order valence-electron chi connectivity index (χ0n) is 19.7. The van der Waals surface area contributed by atoms with Crippen molar-refractivity contribution in [3.05, 3.63) is 64.7 Å². The number of carboxylic acids is 1. The van der Waals surface area contributed by atoms with Crippen LogP contribution in [-0.4, -0.2) is 59.8 Å². The first-order chi connectivity index (χ1) is 16.4. The first-order valence-corrected chi connectivity index (χ1v) is 12.1. The molecule has 2 saturated heterocycles. The fourth-order valence-corrected chi connectivity index (χ4v) is 5.06. The molecule has 0 radical (unpaired) electrons. The molecule has 0 unspecified atom stereocenters. The van der Waals surface area contributed by atoms with Crippen molar-refractivity contribution in [1.82, 2.24) is 10.2 Å². The van der Waals surface area contributed by atoms with Gasteiger partial charge in [0.25, 0.3) is 0 Å². The Morgan fingerprint density at radius 3 is 2.57 bits per heavy atom. The number of hydrogen-bond acceptors (Lipinski definition) is 5. The maximum absolute atomic E-state index is 13.7. The quantitative estimate of drug-likeness (QED) is 0.546. The van der Waals surface area contributed by atoms with Crippen LogP contribution in [0.2, 0.25) is 5.02 Å². The molecular formula is C26H32Cl2N2O5. The van der Waals surface area contributed by atoms with Crippen LogP contribution < -0.4 is 10.1 Å². The lowest BCUT2D eigenvalue weighted by atomic mass is 9.84. The van der Waals surface area contributed by atoms with Crippen LogP contribution in [0.15, 0.2) is 48.5 Å². The Bertz CT molecular complexity index is 1010. The molecule has 9 heteroatoms. The van der Waals surface area contributed by atoms with E-state index in [-0.39, 0.29) is 36.0 Å². The van der Waals surface area contributed by atoms with Crippen LogP contribution in [0.4, 0.5) is 0 Å². The van der Waals surface area contributed by atoms with Crippen molar-refractivity contribution in [2.24, 2.45) is 0 Å². The predicted molar refractivity (Wildman–Crippen MR) is 137 cm³/mol. The summed E-state index contributed by atoms with van der Waals surface area (Å²) >= 11 is 6.11. The summed E-state index contributed by atoms with van der Waals surface area (Å²) in [7, 11) is 0. The number of ether oxygens (including phenoxy) is 2. The van der Waals surface area contributed by atoms with Crippen LogP contribution in [0, 0.1) is 0 Å². The summed E-state index contributed by atoms with van der Waals surface area (Å²) in [5.74, 6) is -0.249. The van der Waals surface area contributed by atoms with Gasteiger partial charge in [-0.25, -0.2) is 4.79 Å². The molecule has 0 saturated carbocycles. The average molecular weight is 523 g/mol. The van der Waals surface area contributed by atoms with Crippen molar-refractivity contribution in [2.75, 3.05) is 26.3 Å². The number of nitrogens with one attached hydrogen (secondary N) is 1. The molecule has 190 valence electrons. The zero-order chi connectivity index (χ0) is 24.1.